The van der Waals surface area contributed by atoms with E-state index in [1.165, 1.54) is 5.56 Å². The van der Waals surface area contributed by atoms with Gasteiger partial charge in [-0.05, 0) is 18.4 Å². The van der Waals surface area contributed by atoms with Crippen molar-refractivity contribution in [3.63, 3.8) is 0 Å². The second-order valence-corrected chi connectivity index (χ2v) is 5.89. The number of benzene rings is 1. The molecule has 1 aliphatic heterocycles. The number of rotatable bonds is 4. The molecule has 0 bridgehead atoms. The van der Waals surface area contributed by atoms with Gasteiger partial charge in [0.05, 0.1) is 5.41 Å². The van der Waals surface area contributed by atoms with Crippen molar-refractivity contribution < 1.29 is 4.79 Å². The van der Waals surface area contributed by atoms with E-state index in [2.05, 4.69) is 22.8 Å². The summed E-state index contributed by atoms with van der Waals surface area (Å²) in [6.07, 6.45) is 4.30. The third-order valence-electron chi connectivity index (χ3n) is 4.64. The zero-order valence-corrected chi connectivity index (χ0v) is 12.5. The molecule has 1 amide bonds. The summed E-state index contributed by atoms with van der Waals surface area (Å²) in [5, 5.41) is 6.43. The van der Waals surface area contributed by atoms with Gasteiger partial charge in [-0.3, -0.25) is 4.79 Å². The Morgan fingerprint density at radius 1 is 1.20 bits per heavy atom. The second kappa shape index (κ2) is 6.59. The summed E-state index contributed by atoms with van der Waals surface area (Å²) in [5.74, 6) is 0.862. The molecule has 0 radical (unpaired) electrons. The van der Waals surface area contributed by atoms with Gasteiger partial charge in [0.15, 0.2) is 0 Å². The maximum atomic E-state index is 12.7. The molecule has 1 aromatic carbocycles. The SMILES string of the molecule is Cl.O=C(NCC1CNC1)C1(c2ccccc2)CCCC1. The van der Waals surface area contributed by atoms with E-state index in [1.54, 1.807) is 0 Å². The molecule has 1 heterocycles. The van der Waals surface area contributed by atoms with Crippen molar-refractivity contribution in [2.75, 3.05) is 19.6 Å². The molecular weight excluding hydrogens is 272 g/mol. The van der Waals surface area contributed by atoms with Crippen LogP contribution in [0.15, 0.2) is 30.3 Å². The third kappa shape index (κ3) is 2.84. The van der Waals surface area contributed by atoms with Crippen molar-refractivity contribution in [3.05, 3.63) is 35.9 Å². The lowest BCUT2D eigenvalue weighted by atomic mass is 9.78. The summed E-state index contributed by atoms with van der Waals surface area (Å²) < 4.78 is 0. The van der Waals surface area contributed by atoms with E-state index in [-0.39, 0.29) is 23.7 Å². The van der Waals surface area contributed by atoms with Crippen LogP contribution in [0.5, 0.6) is 0 Å². The summed E-state index contributed by atoms with van der Waals surface area (Å²) in [6.45, 7) is 2.90. The Labute approximate surface area is 126 Å². The molecular formula is C16H23ClN2O. The number of carbonyl (C=O) groups excluding carboxylic acids is 1. The van der Waals surface area contributed by atoms with Crippen molar-refractivity contribution in [2.45, 2.75) is 31.1 Å². The average molecular weight is 295 g/mol. The molecule has 0 spiro atoms. The molecule has 4 heteroatoms. The molecule has 3 rings (SSSR count). The van der Waals surface area contributed by atoms with Crippen LogP contribution in [0.3, 0.4) is 0 Å². The van der Waals surface area contributed by atoms with Gasteiger partial charge in [0.25, 0.3) is 0 Å². The zero-order chi connectivity index (χ0) is 13.1. The molecule has 20 heavy (non-hydrogen) atoms. The normalized spacial score (nSPS) is 20.8. The Morgan fingerprint density at radius 2 is 1.85 bits per heavy atom. The van der Waals surface area contributed by atoms with E-state index in [0.29, 0.717) is 5.92 Å². The lowest BCUT2D eigenvalue weighted by molar-refractivity contribution is -0.126. The Kier molecular flexibility index (Phi) is 5.06. The fraction of sp³-hybridized carbons (Fsp3) is 0.562. The van der Waals surface area contributed by atoms with Crippen LogP contribution in [0.2, 0.25) is 0 Å². The van der Waals surface area contributed by atoms with Crippen molar-refractivity contribution >= 4 is 18.3 Å². The van der Waals surface area contributed by atoms with Crippen LogP contribution in [0, 0.1) is 5.92 Å². The molecule has 2 N–H and O–H groups in total. The highest BCUT2D eigenvalue weighted by atomic mass is 35.5. The Bertz CT molecular complexity index is 439. The van der Waals surface area contributed by atoms with Gasteiger partial charge in [-0.25, -0.2) is 0 Å². The molecule has 2 aliphatic rings. The topological polar surface area (TPSA) is 41.1 Å². The zero-order valence-electron chi connectivity index (χ0n) is 11.7. The predicted molar refractivity (Wildman–Crippen MR) is 83.2 cm³/mol. The highest BCUT2D eigenvalue weighted by Crippen LogP contribution is 2.41. The van der Waals surface area contributed by atoms with Crippen molar-refractivity contribution in [1.29, 1.82) is 0 Å². The standard InChI is InChI=1S/C16H22N2O.ClH/c19-15(18-12-13-10-17-11-13)16(8-4-5-9-16)14-6-2-1-3-7-14;/h1-3,6-7,13,17H,4-5,8-12H2,(H,18,19);1H. The first-order valence-electron chi connectivity index (χ1n) is 7.36. The minimum Gasteiger partial charge on any atom is -0.355 e. The van der Waals surface area contributed by atoms with Gasteiger partial charge in [0.1, 0.15) is 0 Å². The highest BCUT2D eigenvalue weighted by Gasteiger charge is 2.42. The maximum absolute atomic E-state index is 12.7. The van der Waals surface area contributed by atoms with Gasteiger partial charge in [-0.2, -0.15) is 0 Å². The third-order valence-corrected chi connectivity index (χ3v) is 4.64. The molecule has 1 aliphatic carbocycles. The fourth-order valence-electron chi connectivity index (χ4n) is 3.28. The van der Waals surface area contributed by atoms with Gasteiger partial charge in [-0.1, -0.05) is 43.2 Å². The molecule has 3 nitrogen and oxygen atoms in total. The van der Waals surface area contributed by atoms with Crippen molar-refractivity contribution in [1.82, 2.24) is 10.6 Å². The largest absolute Gasteiger partial charge is 0.355 e. The maximum Gasteiger partial charge on any atom is 0.230 e. The molecule has 0 atom stereocenters. The summed E-state index contributed by atoms with van der Waals surface area (Å²) in [6, 6.07) is 10.3. The minimum atomic E-state index is -0.265. The molecule has 0 unspecified atom stereocenters. The van der Waals surface area contributed by atoms with Crippen LogP contribution >= 0.6 is 12.4 Å². The van der Waals surface area contributed by atoms with Crippen molar-refractivity contribution in [2.24, 2.45) is 5.92 Å². The number of halogens is 1. The van der Waals surface area contributed by atoms with E-state index in [4.69, 9.17) is 0 Å². The Morgan fingerprint density at radius 3 is 2.40 bits per heavy atom. The first-order chi connectivity index (χ1) is 9.31. The van der Waals surface area contributed by atoms with E-state index < -0.39 is 0 Å². The molecule has 110 valence electrons. The number of carbonyl (C=O) groups is 1. The smallest absolute Gasteiger partial charge is 0.230 e. The number of hydrogen-bond acceptors (Lipinski definition) is 2. The van der Waals surface area contributed by atoms with Crippen molar-refractivity contribution in [3.8, 4) is 0 Å². The summed E-state index contributed by atoms with van der Waals surface area (Å²) >= 11 is 0. The second-order valence-electron chi connectivity index (χ2n) is 5.89. The van der Waals surface area contributed by atoms with Gasteiger partial charge in [0, 0.05) is 25.6 Å². The monoisotopic (exact) mass is 294 g/mol. The summed E-state index contributed by atoms with van der Waals surface area (Å²) in [7, 11) is 0. The average Bonchev–Trinajstić information content (AvgIpc) is 2.88. The molecule has 1 saturated carbocycles. The van der Waals surface area contributed by atoms with E-state index in [9.17, 15) is 4.79 Å². The van der Waals surface area contributed by atoms with Gasteiger partial charge in [-0.15, -0.1) is 12.4 Å². The van der Waals surface area contributed by atoms with Crippen LogP contribution in [0.4, 0.5) is 0 Å². The van der Waals surface area contributed by atoms with E-state index in [1.807, 2.05) is 18.2 Å². The van der Waals surface area contributed by atoms with Crippen LogP contribution in [0.1, 0.15) is 31.2 Å². The number of nitrogens with one attached hydrogen (secondary N) is 2. The highest BCUT2D eigenvalue weighted by molar-refractivity contribution is 5.88. The quantitative estimate of drug-likeness (QED) is 0.894. The van der Waals surface area contributed by atoms with Gasteiger partial charge in [0.2, 0.25) is 5.91 Å². The first kappa shape index (κ1) is 15.3. The first-order valence-corrected chi connectivity index (χ1v) is 7.36. The van der Waals surface area contributed by atoms with E-state index in [0.717, 1.165) is 45.3 Å². The van der Waals surface area contributed by atoms with Gasteiger partial charge >= 0.3 is 0 Å². The van der Waals surface area contributed by atoms with Gasteiger partial charge < -0.3 is 10.6 Å². The van der Waals surface area contributed by atoms with Crippen LogP contribution in [-0.2, 0) is 10.2 Å². The van der Waals surface area contributed by atoms with Crippen LogP contribution < -0.4 is 10.6 Å². The summed E-state index contributed by atoms with van der Waals surface area (Å²) in [5.41, 5.74) is 0.926. The van der Waals surface area contributed by atoms with E-state index >= 15 is 0 Å². The van der Waals surface area contributed by atoms with Crippen LogP contribution in [-0.4, -0.2) is 25.5 Å². The lowest BCUT2D eigenvalue weighted by Crippen LogP contribution is -2.51. The predicted octanol–water partition coefficient (Wildman–Crippen LogP) is 2.26. The minimum absolute atomic E-state index is 0. The number of hydrogen-bond donors (Lipinski definition) is 2. The molecule has 1 aromatic rings. The fourth-order valence-corrected chi connectivity index (χ4v) is 3.28. The summed E-state index contributed by atoms with van der Waals surface area (Å²) in [4.78, 5) is 12.7. The Hall–Kier alpha value is -1.06. The molecule has 1 saturated heterocycles. The molecule has 0 aromatic heterocycles. The molecule has 2 fully saturated rings. The Balaban J connectivity index is 0.00000147. The van der Waals surface area contributed by atoms with Crippen LogP contribution in [0.25, 0.3) is 0 Å². The lowest BCUT2D eigenvalue weighted by Gasteiger charge is -2.32. The number of amides is 1.